The van der Waals surface area contributed by atoms with Crippen molar-refractivity contribution in [3.05, 3.63) is 47.1 Å². The van der Waals surface area contributed by atoms with Crippen LogP contribution in [-0.4, -0.2) is 67.0 Å². The van der Waals surface area contributed by atoms with Crippen LogP contribution >= 0.6 is 11.6 Å². The Morgan fingerprint density at radius 2 is 1.82 bits per heavy atom. The number of ether oxygens (including phenoxy) is 2. The van der Waals surface area contributed by atoms with Gasteiger partial charge in [0.2, 0.25) is 0 Å². The van der Waals surface area contributed by atoms with Gasteiger partial charge in [0.05, 0.1) is 18.8 Å². The number of hydrogen-bond acceptors (Lipinski definition) is 7. The highest BCUT2D eigenvalue weighted by Gasteiger charge is 2.18. The number of piperazine rings is 1. The first-order valence-electron chi connectivity index (χ1n) is 9.52. The predicted molar refractivity (Wildman–Crippen MR) is 108 cm³/mol. The number of rotatable bonds is 8. The van der Waals surface area contributed by atoms with Crippen LogP contribution in [0.1, 0.15) is 23.7 Å². The number of hydrogen-bond donors (Lipinski definition) is 0. The van der Waals surface area contributed by atoms with E-state index in [0.717, 1.165) is 50.7 Å². The van der Waals surface area contributed by atoms with Crippen molar-refractivity contribution in [2.45, 2.75) is 13.3 Å². The van der Waals surface area contributed by atoms with E-state index in [4.69, 9.17) is 21.1 Å². The molecule has 1 saturated heterocycles. The van der Waals surface area contributed by atoms with Gasteiger partial charge in [0.1, 0.15) is 5.75 Å². The minimum atomic E-state index is -0.308. The van der Waals surface area contributed by atoms with Gasteiger partial charge in [-0.25, -0.2) is 4.79 Å². The lowest BCUT2D eigenvalue weighted by atomic mass is 10.2. The van der Waals surface area contributed by atoms with Gasteiger partial charge in [0, 0.05) is 32.7 Å². The first-order chi connectivity index (χ1) is 13.7. The summed E-state index contributed by atoms with van der Waals surface area (Å²) in [4.78, 5) is 16.3. The second kappa shape index (κ2) is 10.2. The lowest BCUT2D eigenvalue weighted by Crippen LogP contribution is -2.47. The van der Waals surface area contributed by atoms with E-state index in [1.54, 1.807) is 37.3 Å². The molecule has 3 rings (SSSR count). The van der Waals surface area contributed by atoms with Crippen LogP contribution in [0.25, 0.3) is 0 Å². The average Bonchev–Trinajstić information content (AvgIpc) is 2.73. The minimum Gasteiger partial charge on any atom is -0.494 e. The number of nitrogens with zero attached hydrogens (tertiary/aromatic N) is 4. The normalized spacial score (nSPS) is 14.7. The van der Waals surface area contributed by atoms with E-state index in [9.17, 15) is 4.79 Å². The summed E-state index contributed by atoms with van der Waals surface area (Å²) in [5.74, 6) is 1.33. The van der Waals surface area contributed by atoms with Gasteiger partial charge in [-0.1, -0.05) is 11.6 Å². The van der Waals surface area contributed by atoms with E-state index in [1.807, 2.05) is 6.07 Å². The summed E-state index contributed by atoms with van der Waals surface area (Å²) in [6.07, 6.45) is 0.945. The smallest absolute Gasteiger partial charge is 0.338 e. The molecular formula is C20H25ClN4O3. The van der Waals surface area contributed by atoms with Crippen LogP contribution in [0.15, 0.2) is 36.4 Å². The standard InChI is InChI=1S/C20H25ClN4O3/c1-2-27-20(26)16-4-6-17(7-5-16)28-15-3-10-24-11-13-25(14-12-24)19-9-8-18(21)22-23-19/h4-9H,2-3,10-15H2,1H3. The van der Waals surface area contributed by atoms with Gasteiger partial charge in [0.15, 0.2) is 11.0 Å². The molecule has 8 heteroatoms. The fourth-order valence-corrected chi connectivity index (χ4v) is 3.16. The van der Waals surface area contributed by atoms with Gasteiger partial charge in [0.25, 0.3) is 0 Å². The molecule has 0 radical (unpaired) electrons. The Morgan fingerprint density at radius 1 is 1.07 bits per heavy atom. The number of benzene rings is 1. The number of esters is 1. The molecule has 0 aliphatic carbocycles. The number of carbonyl (C=O) groups is 1. The first kappa shape index (κ1) is 20.4. The molecule has 1 fully saturated rings. The molecular weight excluding hydrogens is 380 g/mol. The van der Waals surface area contributed by atoms with Crippen molar-refractivity contribution in [1.29, 1.82) is 0 Å². The molecule has 0 atom stereocenters. The lowest BCUT2D eigenvalue weighted by molar-refractivity contribution is 0.0526. The summed E-state index contributed by atoms with van der Waals surface area (Å²) >= 11 is 5.79. The summed E-state index contributed by atoms with van der Waals surface area (Å²) in [6, 6.07) is 10.7. The molecule has 1 aromatic heterocycles. The van der Waals surface area contributed by atoms with Gasteiger partial charge < -0.3 is 14.4 Å². The molecule has 28 heavy (non-hydrogen) atoms. The third-order valence-corrected chi connectivity index (χ3v) is 4.77. The van der Waals surface area contributed by atoms with E-state index in [0.29, 0.717) is 23.9 Å². The molecule has 0 unspecified atom stereocenters. The van der Waals surface area contributed by atoms with E-state index >= 15 is 0 Å². The van der Waals surface area contributed by atoms with Crippen LogP contribution in [0.2, 0.25) is 5.15 Å². The van der Waals surface area contributed by atoms with Gasteiger partial charge in [-0.05, 0) is 49.7 Å². The zero-order chi connectivity index (χ0) is 19.8. The van der Waals surface area contributed by atoms with E-state index in [1.165, 1.54) is 0 Å². The Balaban J connectivity index is 1.34. The van der Waals surface area contributed by atoms with E-state index in [-0.39, 0.29) is 5.97 Å². The van der Waals surface area contributed by atoms with Crippen LogP contribution in [-0.2, 0) is 4.74 Å². The van der Waals surface area contributed by atoms with Crippen LogP contribution in [0.4, 0.5) is 5.82 Å². The highest BCUT2D eigenvalue weighted by Crippen LogP contribution is 2.15. The number of carbonyl (C=O) groups excluding carboxylic acids is 1. The Labute approximate surface area is 170 Å². The first-order valence-corrected chi connectivity index (χ1v) is 9.90. The van der Waals surface area contributed by atoms with Crippen molar-refractivity contribution in [3.63, 3.8) is 0 Å². The quantitative estimate of drug-likeness (QED) is 0.495. The van der Waals surface area contributed by atoms with Crippen LogP contribution in [0.5, 0.6) is 5.75 Å². The molecule has 1 aliphatic rings. The maximum Gasteiger partial charge on any atom is 0.338 e. The highest BCUT2D eigenvalue weighted by molar-refractivity contribution is 6.29. The Bertz CT molecular complexity index is 747. The van der Waals surface area contributed by atoms with Crippen molar-refractivity contribution >= 4 is 23.4 Å². The summed E-state index contributed by atoms with van der Waals surface area (Å²) in [5, 5.41) is 8.46. The fourth-order valence-electron chi connectivity index (χ4n) is 3.06. The van der Waals surface area contributed by atoms with Gasteiger partial charge in [-0.2, -0.15) is 0 Å². The van der Waals surface area contributed by atoms with Crippen molar-refractivity contribution in [2.75, 3.05) is 50.8 Å². The van der Waals surface area contributed by atoms with Crippen molar-refractivity contribution < 1.29 is 14.3 Å². The second-order valence-electron chi connectivity index (χ2n) is 6.49. The Kier molecular flexibility index (Phi) is 7.45. The third kappa shape index (κ3) is 5.81. The number of halogens is 1. The largest absolute Gasteiger partial charge is 0.494 e. The zero-order valence-electron chi connectivity index (χ0n) is 16.0. The molecule has 150 valence electrons. The maximum atomic E-state index is 11.6. The van der Waals surface area contributed by atoms with E-state index in [2.05, 4.69) is 20.0 Å². The van der Waals surface area contributed by atoms with Crippen molar-refractivity contribution in [1.82, 2.24) is 15.1 Å². The lowest BCUT2D eigenvalue weighted by Gasteiger charge is -2.35. The van der Waals surface area contributed by atoms with Crippen LogP contribution in [0, 0.1) is 0 Å². The molecule has 1 aliphatic heterocycles. The molecule has 2 aromatic rings. The molecule has 7 nitrogen and oxygen atoms in total. The number of aromatic nitrogens is 2. The SMILES string of the molecule is CCOC(=O)c1ccc(OCCCN2CCN(c3ccc(Cl)nn3)CC2)cc1. The topological polar surface area (TPSA) is 67.8 Å². The molecule has 0 bridgehead atoms. The molecule has 0 amide bonds. The number of anilines is 1. The molecule has 2 heterocycles. The molecule has 0 N–H and O–H groups in total. The Hall–Kier alpha value is -2.38. The molecule has 0 spiro atoms. The summed E-state index contributed by atoms with van der Waals surface area (Å²) in [6.45, 7) is 7.61. The van der Waals surface area contributed by atoms with Crippen molar-refractivity contribution in [3.8, 4) is 5.75 Å². The van der Waals surface area contributed by atoms with E-state index < -0.39 is 0 Å². The minimum absolute atomic E-state index is 0.308. The maximum absolute atomic E-state index is 11.6. The van der Waals surface area contributed by atoms with Gasteiger partial charge in [-0.3, -0.25) is 4.90 Å². The fraction of sp³-hybridized carbons (Fsp3) is 0.450. The van der Waals surface area contributed by atoms with Gasteiger partial charge in [-0.15, -0.1) is 10.2 Å². The third-order valence-electron chi connectivity index (χ3n) is 4.57. The average molecular weight is 405 g/mol. The van der Waals surface area contributed by atoms with Crippen molar-refractivity contribution in [2.24, 2.45) is 0 Å². The summed E-state index contributed by atoms with van der Waals surface area (Å²) < 4.78 is 10.7. The monoisotopic (exact) mass is 404 g/mol. The second-order valence-corrected chi connectivity index (χ2v) is 6.88. The highest BCUT2D eigenvalue weighted by atomic mass is 35.5. The predicted octanol–water partition coefficient (Wildman–Crippen LogP) is 2.90. The van der Waals surface area contributed by atoms with Crippen LogP contribution in [0.3, 0.4) is 0 Å². The summed E-state index contributed by atoms with van der Waals surface area (Å²) in [7, 11) is 0. The van der Waals surface area contributed by atoms with Crippen LogP contribution < -0.4 is 9.64 Å². The summed E-state index contributed by atoms with van der Waals surface area (Å²) in [5.41, 5.74) is 0.539. The Morgan fingerprint density at radius 3 is 2.46 bits per heavy atom. The zero-order valence-corrected chi connectivity index (χ0v) is 16.8. The molecule has 1 aromatic carbocycles. The molecule has 0 saturated carbocycles. The van der Waals surface area contributed by atoms with Gasteiger partial charge >= 0.3 is 5.97 Å².